The molecule has 1 rings (SSSR count). The second kappa shape index (κ2) is 6.63. The van der Waals surface area contributed by atoms with E-state index in [0.29, 0.717) is 0 Å². The number of nitrogens with one attached hydrogen (secondary N) is 1. The normalized spacial score (nSPS) is 11.4. The van der Waals surface area contributed by atoms with E-state index < -0.39 is 18.7 Å². The van der Waals surface area contributed by atoms with Gasteiger partial charge in [0, 0.05) is 6.54 Å². The number of rotatable bonds is 5. The van der Waals surface area contributed by atoms with Crippen molar-refractivity contribution in [3.05, 3.63) is 28.8 Å². The number of anilines is 1. The Morgan fingerprint density at radius 3 is 2.74 bits per heavy atom. The highest BCUT2D eigenvalue weighted by molar-refractivity contribution is 6.33. The van der Waals surface area contributed by atoms with E-state index in [9.17, 15) is 18.0 Å². The van der Waals surface area contributed by atoms with E-state index in [-0.39, 0.29) is 29.4 Å². The maximum Gasteiger partial charge on any atom is 0.411 e. The number of nitrogens with two attached hydrogens (primary N) is 1. The monoisotopic (exact) mass is 296 g/mol. The Morgan fingerprint density at radius 2 is 2.11 bits per heavy atom. The molecule has 0 saturated carbocycles. The van der Waals surface area contributed by atoms with E-state index in [1.54, 1.807) is 6.07 Å². The first-order chi connectivity index (χ1) is 8.81. The molecule has 0 saturated heterocycles. The Morgan fingerprint density at radius 1 is 1.42 bits per heavy atom. The highest BCUT2D eigenvalue weighted by Gasteiger charge is 2.27. The van der Waals surface area contributed by atoms with E-state index in [0.717, 1.165) is 0 Å². The maximum atomic E-state index is 11.8. The topological polar surface area (TPSA) is 64.4 Å². The number of carbonyl (C=O) groups is 1. The molecule has 0 unspecified atom stereocenters. The smallest absolute Gasteiger partial charge is 0.397 e. The molecule has 0 aliphatic carbocycles. The fourth-order valence-corrected chi connectivity index (χ4v) is 1.43. The lowest BCUT2D eigenvalue weighted by Gasteiger charge is -2.10. The zero-order chi connectivity index (χ0) is 14.5. The number of para-hydroxylation sites is 1. The van der Waals surface area contributed by atoms with Crippen LogP contribution >= 0.6 is 11.6 Å². The molecule has 1 amide bonds. The standard InChI is InChI=1S/C11H12ClF3N2O2/c12-8-3-1-2-7(9(8)16)10(18)17-4-5-19-6-11(13,14)15/h1-3H,4-6,16H2,(H,17,18). The van der Waals surface area contributed by atoms with Gasteiger partial charge in [0.15, 0.2) is 0 Å². The molecule has 0 spiro atoms. The van der Waals surface area contributed by atoms with Gasteiger partial charge in [-0.15, -0.1) is 0 Å². The van der Waals surface area contributed by atoms with Crippen molar-refractivity contribution in [2.75, 3.05) is 25.5 Å². The molecule has 0 heterocycles. The van der Waals surface area contributed by atoms with E-state index >= 15 is 0 Å². The average molecular weight is 297 g/mol. The van der Waals surface area contributed by atoms with E-state index in [1.165, 1.54) is 12.1 Å². The lowest BCUT2D eigenvalue weighted by Crippen LogP contribution is -2.29. The first-order valence-electron chi connectivity index (χ1n) is 5.28. The molecule has 1 aromatic carbocycles. The van der Waals surface area contributed by atoms with Crippen molar-refractivity contribution in [2.24, 2.45) is 0 Å². The summed E-state index contributed by atoms with van der Waals surface area (Å²) < 4.78 is 39.6. The third kappa shape index (κ3) is 5.35. The van der Waals surface area contributed by atoms with Gasteiger partial charge in [0.05, 0.1) is 22.9 Å². The van der Waals surface area contributed by atoms with Crippen molar-refractivity contribution in [1.82, 2.24) is 5.32 Å². The summed E-state index contributed by atoms with van der Waals surface area (Å²) in [7, 11) is 0. The molecule has 0 fully saturated rings. The molecular formula is C11H12ClF3N2O2. The highest BCUT2D eigenvalue weighted by Crippen LogP contribution is 2.22. The predicted octanol–water partition coefficient (Wildman–Crippen LogP) is 2.23. The van der Waals surface area contributed by atoms with Crippen molar-refractivity contribution < 1.29 is 22.7 Å². The molecule has 4 nitrogen and oxygen atoms in total. The number of nitrogen functional groups attached to an aromatic ring is 1. The van der Waals surface area contributed by atoms with Crippen LogP contribution in [0.5, 0.6) is 0 Å². The van der Waals surface area contributed by atoms with Crippen molar-refractivity contribution in [3.8, 4) is 0 Å². The van der Waals surface area contributed by atoms with Crippen LogP contribution in [-0.4, -0.2) is 31.8 Å². The second-order valence-electron chi connectivity index (χ2n) is 3.62. The molecule has 0 bridgehead atoms. The van der Waals surface area contributed by atoms with Gasteiger partial charge < -0.3 is 15.8 Å². The molecular weight excluding hydrogens is 285 g/mol. The van der Waals surface area contributed by atoms with Crippen molar-refractivity contribution >= 4 is 23.2 Å². The Hall–Kier alpha value is -1.47. The lowest BCUT2D eigenvalue weighted by atomic mass is 10.1. The van der Waals surface area contributed by atoms with Gasteiger partial charge in [-0.25, -0.2) is 0 Å². The van der Waals surface area contributed by atoms with Crippen LogP contribution in [0.1, 0.15) is 10.4 Å². The molecule has 0 aliphatic rings. The number of hydrogen-bond donors (Lipinski definition) is 2. The number of ether oxygens (including phenoxy) is 1. The molecule has 0 atom stereocenters. The predicted molar refractivity (Wildman–Crippen MR) is 65.1 cm³/mol. The van der Waals surface area contributed by atoms with Crippen LogP contribution in [0.15, 0.2) is 18.2 Å². The van der Waals surface area contributed by atoms with E-state index in [4.69, 9.17) is 17.3 Å². The highest BCUT2D eigenvalue weighted by atomic mass is 35.5. The van der Waals surface area contributed by atoms with Crippen molar-refractivity contribution in [1.29, 1.82) is 0 Å². The summed E-state index contributed by atoms with van der Waals surface area (Å²) in [4.78, 5) is 11.7. The quantitative estimate of drug-likeness (QED) is 0.647. The van der Waals surface area contributed by atoms with Gasteiger partial charge in [0.25, 0.3) is 5.91 Å². The fourth-order valence-electron chi connectivity index (χ4n) is 1.25. The fraction of sp³-hybridized carbons (Fsp3) is 0.364. The Kier molecular flexibility index (Phi) is 5.44. The van der Waals surface area contributed by atoms with Gasteiger partial charge >= 0.3 is 6.18 Å². The Balaban J connectivity index is 2.38. The van der Waals surface area contributed by atoms with Crippen LogP contribution in [0.2, 0.25) is 5.02 Å². The van der Waals surface area contributed by atoms with E-state index in [2.05, 4.69) is 10.1 Å². The second-order valence-corrected chi connectivity index (χ2v) is 4.03. The van der Waals surface area contributed by atoms with Gasteiger partial charge in [0.1, 0.15) is 6.61 Å². The molecule has 3 N–H and O–H groups in total. The van der Waals surface area contributed by atoms with Crippen molar-refractivity contribution in [2.45, 2.75) is 6.18 Å². The first kappa shape index (κ1) is 15.6. The van der Waals surface area contributed by atoms with Gasteiger partial charge in [-0.1, -0.05) is 17.7 Å². The number of alkyl halides is 3. The summed E-state index contributed by atoms with van der Waals surface area (Å²) in [5.41, 5.74) is 5.89. The Bertz CT molecular complexity index is 452. The average Bonchev–Trinajstić information content (AvgIpc) is 2.30. The maximum absolute atomic E-state index is 11.8. The number of halogens is 4. The largest absolute Gasteiger partial charge is 0.411 e. The van der Waals surface area contributed by atoms with Crippen LogP contribution in [0.4, 0.5) is 18.9 Å². The van der Waals surface area contributed by atoms with Gasteiger partial charge in [-0.3, -0.25) is 4.79 Å². The van der Waals surface area contributed by atoms with Crippen LogP contribution in [0.25, 0.3) is 0 Å². The lowest BCUT2D eigenvalue weighted by molar-refractivity contribution is -0.173. The van der Waals surface area contributed by atoms with Crippen LogP contribution in [0.3, 0.4) is 0 Å². The molecule has 0 radical (unpaired) electrons. The molecule has 1 aromatic rings. The Labute approximate surface area is 112 Å². The summed E-state index contributed by atoms with van der Waals surface area (Å²) in [6.45, 7) is -1.64. The summed E-state index contributed by atoms with van der Waals surface area (Å²) in [6, 6.07) is 4.54. The van der Waals surface area contributed by atoms with Crippen molar-refractivity contribution in [3.63, 3.8) is 0 Å². The van der Waals surface area contributed by atoms with Crippen LogP contribution in [0, 0.1) is 0 Å². The molecule has 0 aliphatic heterocycles. The SMILES string of the molecule is Nc1c(Cl)cccc1C(=O)NCCOCC(F)(F)F. The molecule has 0 aromatic heterocycles. The molecule has 19 heavy (non-hydrogen) atoms. The van der Waals surface area contributed by atoms with E-state index in [1.807, 2.05) is 0 Å². The third-order valence-electron chi connectivity index (χ3n) is 2.10. The zero-order valence-corrected chi connectivity index (χ0v) is 10.5. The number of benzene rings is 1. The minimum absolute atomic E-state index is 0.0547. The van der Waals surface area contributed by atoms with Gasteiger partial charge in [-0.05, 0) is 12.1 Å². The summed E-state index contributed by atoms with van der Waals surface area (Å²) in [6.07, 6.45) is -4.37. The van der Waals surface area contributed by atoms with Crippen LogP contribution in [-0.2, 0) is 4.74 Å². The summed E-state index contributed by atoms with van der Waals surface area (Å²) in [5, 5.41) is 2.62. The molecule has 8 heteroatoms. The minimum Gasteiger partial charge on any atom is -0.397 e. The van der Waals surface area contributed by atoms with Gasteiger partial charge in [0.2, 0.25) is 0 Å². The minimum atomic E-state index is -4.37. The first-order valence-corrected chi connectivity index (χ1v) is 5.66. The molecule has 106 valence electrons. The third-order valence-corrected chi connectivity index (χ3v) is 2.42. The summed E-state index contributed by atoms with van der Waals surface area (Å²) >= 11 is 5.74. The van der Waals surface area contributed by atoms with Gasteiger partial charge in [-0.2, -0.15) is 13.2 Å². The number of hydrogen-bond acceptors (Lipinski definition) is 3. The van der Waals surface area contributed by atoms with Crippen LogP contribution < -0.4 is 11.1 Å². The number of amides is 1. The number of carbonyl (C=O) groups excluding carboxylic acids is 1. The summed E-state index contributed by atoms with van der Waals surface area (Å²) in [5.74, 6) is -0.518. The zero-order valence-electron chi connectivity index (χ0n) is 9.76.